The molecular weight excluding hydrogens is 388 g/mol. The molecule has 7 heteroatoms. The van der Waals surface area contributed by atoms with E-state index in [4.69, 9.17) is 0 Å². The van der Waals surface area contributed by atoms with Crippen LogP contribution in [0, 0.1) is 13.8 Å². The number of amides is 1. The van der Waals surface area contributed by atoms with Gasteiger partial charge in [-0.2, -0.15) is 0 Å². The van der Waals surface area contributed by atoms with Crippen molar-refractivity contribution in [2.24, 2.45) is 0 Å². The van der Waals surface area contributed by atoms with Crippen LogP contribution >= 0.6 is 23.1 Å². The highest BCUT2D eigenvalue weighted by Crippen LogP contribution is 2.32. The molecule has 2 aromatic heterocycles. The van der Waals surface area contributed by atoms with Gasteiger partial charge in [0.1, 0.15) is 0 Å². The number of aryl methyl sites for hydroxylation is 2. The number of nitrogens with zero attached hydrogens (tertiary/aromatic N) is 3. The highest BCUT2D eigenvalue weighted by Gasteiger charge is 2.19. The predicted molar refractivity (Wildman–Crippen MR) is 118 cm³/mol. The van der Waals surface area contributed by atoms with E-state index in [0.29, 0.717) is 6.54 Å². The maximum absolute atomic E-state index is 12.3. The minimum absolute atomic E-state index is 0.0640. The van der Waals surface area contributed by atoms with Crippen LogP contribution in [0.15, 0.2) is 47.5 Å². The summed E-state index contributed by atoms with van der Waals surface area (Å²) in [6.45, 7) is 10.7. The first-order chi connectivity index (χ1) is 13.5. The molecule has 0 aliphatic carbocycles. The minimum atomic E-state index is -0.0640. The summed E-state index contributed by atoms with van der Waals surface area (Å²) >= 11 is 3.12. The van der Waals surface area contributed by atoms with Gasteiger partial charge in [-0.25, -0.2) is 0 Å². The summed E-state index contributed by atoms with van der Waals surface area (Å²) in [5.41, 5.74) is 4.34. The first-order valence-corrected chi connectivity index (χ1v) is 11.0. The Labute approximate surface area is 173 Å². The van der Waals surface area contributed by atoms with Crippen LogP contribution in [-0.4, -0.2) is 26.4 Å². The predicted octanol–water partition coefficient (Wildman–Crippen LogP) is 5.10. The molecule has 5 nitrogen and oxygen atoms in total. The quantitative estimate of drug-likeness (QED) is 0.413. The number of aromatic nitrogens is 3. The maximum atomic E-state index is 12.3. The SMILES string of the molecule is C=CCn1c(SCC(=O)Nc2cccc(C)c2)nnc1-c1csc(C)c1CC. The van der Waals surface area contributed by atoms with E-state index in [-0.39, 0.29) is 11.7 Å². The summed E-state index contributed by atoms with van der Waals surface area (Å²) in [5, 5.41) is 14.5. The van der Waals surface area contributed by atoms with E-state index in [1.54, 1.807) is 11.3 Å². The lowest BCUT2D eigenvalue weighted by Crippen LogP contribution is -2.14. The Morgan fingerprint density at radius 2 is 2.18 bits per heavy atom. The summed E-state index contributed by atoms with van der Waals surface area (Å²) in [7, 11) is 0. The van der Waals surface area contributed by atoms with E-state index in [1.807, 2.05) is 41.8 Å². The van der Waals surface area contributed by atoms with Crippen molar-refractivity contribution in [2.45, 2.75) is 38.9 Å². The number of carbonyl (C=O) groups excluding carboxylic acids is 1. The largest absolute Gasteiger partial charge is 0.325 e. The Bertz CT molecular complexity index is 990. The Hall–Kier alpha value is -2.38. The summed E-state index contributed by atoms with van der Waals surface area (Å²) < 4.78 is 2.03. The molecule has 0 saturated heterocycles. The number of allylic oxidation sites excluding steroid dienone is 1. The molecule has 0 saturated carbocycles. The molecule has 0 radical (unpaired) electrons. The molecule has 146 valence electrons. The molecule has 0 unspecified atom stereocenters. The Morgan fingerprint density at radius 3 is 2.89 bits per heavy atom. The number of hydrogen-bond acceptors (Lipinski definition) is 5. The number of hydrogen-bond donors (Lipinski definition) is 1. The second kappa shape index (κ2) is 9.21. The zero-order valence-electron chi connectivity index (χ0n) is 16.4. The monoisotopic (exact) mass is 412 g/mol. The van der Waals surface area contributed by atoms with E-state index in [1.165, 1.54) is 22.2 Å². The molecule has 3 aromatic rings. The lowest BCUT2D eigenvalue weighted by atomic mass is 10.1. The van der Waals surface area contributed by atoms with Crippen LogP contribution in [0.4, 0.5) is 5.69 Å². The van der Waals surface area contributed by atoms with Crippen molar-refractivity contribution >= 4 is 34.7 Å². The van der Waals surface area contributed by atoms with Gasteiger partial charge in [0.2, 0.25) is 5.91 Å². The third-order valence-corrected chi connectivity index (χ3v) is 6.28. The summed E-state index contributed by atoms with van der Waals surface area (Å²) in [5.74, 6) is 1.04. The molecule has 0 spiro atoms. The van der Waals surface area contributed by atoms with E-state index in [9.17, 15) is 4.79 Å². The van der Waals surface area contributed by atoms with Crippen molar-refractivity contribution in [1.29, 1.82) is 0 Å². The van der Waals surface area contributed by atoms with E-state index < -0.39 is 0 Å². The van der Waals surface area contributed by atoms with Gasteiger partial charge in [-0.3, -0.25) is 9.36 Å². The third kappa shape index (κ3) is 4.54. The van der Waals surface area contributed by atoms with Crippen molar-refractivity contribution in [1.82, 2.24) is 14.8 Å². The molecule has 1 amide bonds. The van der Waals surface area contributed by atoms with Gasteiger partial charge < -0.3 is 5.32 Å². The number of anilines is 1. The van der Waals surface area contributed by atoms with Crippen molar-refractivity contribution in [3.8, 4) is 11.4 Å². The fraction of sp³-hybridized carbons (Fsp3) is 0.286. The van der Waals surface area contributed by atoms with Gasteiger partial charge in [0.05, 0.1) is 5.75 Å². The normalized spacial score (nSPS) is 10.8. The summed E-state index contributed by atoms with van der Waals surface area (Å²) in [6, 6.07) is 7.77. The van der Waals surface area contributed by atoms with Crippen LogP contribution in [0.25, 0.3) is 11.4 Å². The molecule has 0 bridgehead atoms. The highest BCUT2D eigenvalue weighted by atomic mass is 32.2. The van der Waals surface area contributed by atoms with Gasteiger partial charge in [-0.1, -0.05) is 36.9 Å². The smallest absolute Gasteiger partial charge is 0.234 e. The lowest BCUT2D eigenvalue weighted by molar-refractivity contribution is -0.113. The van der Waals surface area contributed by atoms with Crippen LogP contribution < -0.4 is 5.32 Å². The highest BCUT2D eigenvalue weighted by molar-refractivity contribution is 7.99. The van der Waals surface area contributed by atoms with Gasteiger partial charge in [-0.15, -0.1) is 28.1 Å². The average molecular weight is 413 g/mol. The molecule has 0 aliphatic rings. The summed E-state index contributed by atoms with van der Waals surface area (Å²) in [6.07, 6.45) is 2.78. The molecule has 3 rings (SSSR count). The average Bonchev–Trinajstić information content (AvgIpc) is 3.23. The van der Waals surface area contributed by atoms with Crippen molar-refractivity contribution in [2.75, 3.05) is 11.1 Å². The molecule has 0 aliphatic heterocycles. The van der Waals surface area contributed by atoms with Gasteiger partial charge in [0, 0.05) is 28.1 Å². The molecule has 0 fully saturated rings. The number of thiophene rings is 1. The number of rotatable bonds is 8. The topological polar surface area (TPSA) is 59.8 Å². The minimum Gasteiger partial charge on any atom is -0.325 e. The number of thioether (sulfide) groups is 1. The number of benzene rings is 1. The fourth-order valence-electron chi connectivity index (χ4n) is 3.04. The van der Waals surface area contributed by atoms with Crippen LogP contribution in [0.5, 0.6) is 0 Å². The standard InChI is InChI=1S/C21H24N4OS2/c1-5-10-25-20(18-12-27-15(4)17(18)6-2)23-24-21(25)28-13-19(26)22-16-9-7-8-14(3)11-16/h5,7-9,11-12H,1,6,10,13H2,2-4H3,(H,22,26). The molecule has 0 atom stereocenters. The van der Waals surface area contributed by atoms with Crippen molar-refractivity contribution in [3.05, 3.63) is 58.3 Å². The number of nitrogens with one attached hydrogen (secondary N) is 1. The van der Waals surface area contributed by atoms with Gasteiger partial charge in [0.25, 0.3) is 0 Å². The fourth-order valence-corrected chi connectivity index (χ4v) is 4.73. The van der Waals surface area contributed by atoms with Crippen molar-refractivity contribution in [3.63, 3.8) is 0 Å². The molecule has 2 heterocycles. The molecule has 1 N–H and O–H groups in total. The zero-order valence-corrected chi connectivity index (χ0v) is 18.0. The van der Waals surface area contributed by atoms with Crippen LogP contribution in [-0.2, 0) is 17.8 Å². The Kier molecular flexibility index (Phi) is 6.70. The van der Waals surface area contributed by atoms with Gasteiger partial charge >= 0.3 is 0 Å². The molecular formula is C21H24N4OS2. The van der Waals surface area contributed by atoms with Crippen LogP contribution in [0.2, 0.25) is 0 Å². The third-order valence-electron chi connectivity index (χ3n) is 4.36. The van der Waals surface area contributed by atoms with Crippen molar-refractivity contribution < 1.29 is 4.79 Å². The van der Waals surface area contributed by atoms with Crippen LogP contribution in [0.1, 0.15) is 22.9 Å². The second-order valence-electron chi connectivity index (χ2n) is 6.45. The van der Waals surface area contributed by atoms with E-state index >= 15 is 0 Å². The number of carbonyl (C=O) groups is 1. The Morgan fingerprint density at radius 1 is 1.36 bits per heavy atom. The maximum Gasteiger partial charge on any atom is 0.234 e. The van der Waals surface area contributed by atoms with Gasteiger partial charge in [0.15, 0.2) is 11.0 Å². The molecule has 28 heavy (non-hydrogen) atoms. The Balaban J connectivity index is 1.76. The van der Waals surface area contributed by atoms with Gasteiger partial charge in [-0.05, 0) is 43.5 Å². The first kappa shape index (κ1) is 20.4. The van der Waals surface area contributed by atoms with E-state index in [2.05, 4.69) is 41.3 Å². The first-order valence-electron chi connectivity index (χ1n) is 9.14. The van der Waals surface area contributed by atoms with Crippen LogP contribution in [0.3, 0.4) is 0 Å². The summed E-state index contributed by atoms with van der Waals surface area (Å²) in [4.78, 5) is 13.6. The lowest BCUT2D eigenvalue weighted by Gasteiger charge is -2.09. The molecule has 1 aromatic carbocycles. The second-order valence-corrected chi connectivity index (χ2v) is 8.48. The zero-order chi connectivity index (χ0) is 20.1. The van der Waals surface area contributed by atoms with E-state index in [0.717, 1.165) is 34.2 Å².